The van der Waals surface area contributed by atoms with Crippen LogP contribution < -0.4 is 0 Å². The lowest BCUT2D eigenvalue weighted by molar-refractivity contribution is -0.123. The molecule has 0 radical (unpaired) electrons. The average Bonchev–Trinajstić information content (AvgIpc) is 3.03. The van der Waals surface area contributed by atoms with Crippen molar-refractivity contribution in [3.05, 3.63) is 22.4 Å². The minimum absolute atomic E-state index is 0.367. The monoisotopic (exact) mass is 292 g/mol. The zero-order valence-corrected chi connectivity index (χ0v) is 13.4. The number of ketones is 1. The highest BCUT2D eigenvalue weighted by Crippen LogP contribution is 2.26. The van der Waals surface area contributed by atoms with Crippen molar-refractivity contribution in [2.24, 2.45) is 5.92 Å². The van der Waals surface area contributed by atoms with E-state index in [1.54, 1.807) is 11.3 Å². The fourth-order valence-electron chi connectivity index (χ4n) is 3.21. The molecule has 1 heterocycles. The number of hydrogen-bond donors (Lipinski definition) is 0. The molecule has 20 heavy (non-hydrogen) atoms. The molecule has 0 amide bonds. The van der Waals surface area contributed by atoms with Crippen molar-refractivity contribution in [2.75, 3.05) is 0 Å². The third-order valence-electron chi connectivity index (χ3n) is 4.49. The number of carbonyl (C=O) groups excluding carboxylic acids is 1. The van der Waals surface area contributed by atoms with Crippen LogP contribution in [0.1, 0.15) is 75.5 Å². The van der Waals surface area contributed by atoms with Crippen molar-refractivity contribution in [1.29, 1.82) is 0 Å². The van der Waals surface area contributed by atoms with Crippen LogP contribution in [-0.2, 0) is 11.2 Å². The number of rotatable bonds is 3. The van der Waals surface area contributed by atoms with Crippen molar-refractivity contribution in [1.82, 2.24) is 0 Å². The summed E-state index contributed by atoms with van der Waals surface area (Å²) in [6.45, 7) is 0. The Hall–Kier alpha value is -0.630. The van der Waals surface area contributed by atoms with Gasteiger partial charge in [-0.2, -0.15) is 0 Å². The van der Waals surface area contributed by atoms with Crippen molar-refractivity contribution in [2.45, 2.75) is 77.0 Å². The van der Waals surface area contributed by atoms with E-state index in [2.05, 4.69) is 6.07 Å². The number of carbonyl (C=O) groups is 1. The van der Waals surface area contributed by atoms with Gasteiger partial charge in [0, 0.05) is 17.2 Å². The van der Waals surface area contributed by atoms with Gasteiger partial charge in [-0.15, -0.1) is 11.3 Å². The maximum Gasteiger partial charge on any atom is 0.141 e. The zero-order valence-electron chi connectivity index (χ0n) is 12.6. The summed E-state index contributed by atoms with van der Waals surface area (Å²) >= 11 is 1.69. The Morgan fingerprint density at radius 2 is 1.50 bits per heavy atom. The van der Waals surface area contributed by atoms with E-state index in [0.717, 1.165) is 12.8 Å². The smallest absolute Gasteiger partial charge is 0.141 e. The molecule has 2 fully saturated rings. The lowest BCUT2D eigenvalue weighted by atomic mass is 9.85. The second-order valence-corrected chi connectivity index (χ2v) is 7.21. The Balaban J connectivity index is 0.000000205. The van der Waals surface area contributed by atoms with Crippen LogP contribution in [0.3, 0.4) is 0 Å². The second kappa shape index (κ2) is 9.33. The molecule has 0 N–H and O–H groups in total. The molecule has 0 aromatic carbocycles. The van der Waals surface area contributed by atoms with Crippen molar-refractivity contribution < 1.29 is 4.79 Å². The van der Waals surface area contributed by atoms with Gasteiger partial charge in [-0.1, -0.05) is 63.9 Å². The summed E-state index contributed by atoms with van der Waals surface area (Å²) in [4.78, 5) is 13.1. The highest BCUT2D eigenvalue weighted by molar-refractivity contribution is 7.10. The topological polar surface area (TPSA) is 17.1 Å². The van der Waals surface area contributed by atoms with E-state index < -0.39 is 0 Å². The maximum absolute atomic E-state index is 11.9. The maximum atomic E-state index is 11.9. The molecule has 0 unspecified atom stereocenters. The van der Waals surface area contributed by atoms with Gasteiger partial charge in [-0.05, 0) is 24.3 Å². The molecular formula is C18H28OS. The summed E-state index contributed by atoms with van der Waals surface area (Å²) < 4.78 is 0. The molecule has 112 valence electrons. The Morgan fingerprint density at radius 1 is 0.950 bits per heavy atom. The predicted octanol–water partition coefficient (Wildman–Crippen LogP) is 5.78. The molecule has 3 rings (SSSR count). The number of thiophene rings is 1. The normalized spacial score (nSPS) is 20.0. The van der Waals surface area contributed by atoms with Crippen LogP contribution >= 0.6 is 11.3 Å². The van der Waals surface area contributed by atoms with Crippen LogP contribution in [0.25, 0.3) is 0 Å². The van der Waals surface area contributed by atoms with Gasteiger partial charge in [0.25, 0.3) is 0 Å². The lowest BCUT2D eigenvalue weighted by Gasteiger charge is -2.19. The molecule has 0 atom stereocenters. The van der Waals surface area contributed by atoms with Crippen LogP contribution in [-0.4, -0.2) is 5.78 Å². The average molecular weight is 292 g/mol. The molecule has 0 bridgehead atoms. The minimum atomic E-state index is 0.367. The van der Waals surface area contributed by atoms with Gasteiger partial charge in [-0.25, -0.2) is 0 Å². The number of hydrogen-bond acceptors (Lipinski definition) is 2. The molecular weight excluding hydrogens is 264 g/mol. The van der Waals surface area contributed by atoms with Gasteiger partial charge in [-0.3, -0.25) is 4.79 Å². The molecule has 1 aromatic rings. The molecule has 2 heteroatoms. The summed E-state index contributed by atoms with van der Waals surface area (Å²) in [7, 11) is 0. The molecule has 2 saturated carbocycles. The van der Waals surface area contributed by atoms with Gasteiger partial charge in [0.1, 0.15) is 5.78 Å². The second-order valence-electron chi connectivity index (χ2n) is 6.18. The molecule has 1 aromatic heterocycles. The van der Waals surface area contributed by atoms with E-state index in [1.165, 1.54) is 62.7 Å². The Morgan fingerprint density at radius 3 is 2.00 bits per heavy atom. The Kier molecular flexibility index (Phi) is 7.35. The molecule has 2 aliphatic rings. The highest BCUT2D eigenvalue weighted by atomic mass is 32.1. The lowest BCUT2D eigenvalue weighted by Crippen LogP contribution is -2.19. The van der Waals surface area contributed by atoms with Crippen molar-refractivity contribution in [3.8, 4) is 0 Å². The van der Waals surface area contributed by atoms with E-state index in [1.807, 2.05) is 11.4 Å². The van der Waals surface area contributed by atoms with Gasteiger partial charge in [0.15, 0.2) is 0 Å². The largest absolute Gasteiger partial charge is 0.299 e. The van der Waals surface area contributed by atoms with E-state index >= 15 is 0 Å². The van der Waals surface area contributed by atoms with Gasteiger partial charge in [0.2, 0.25) is 0 Å². The van der Waals surface area contributed by atoms with Crippen molar-refractivity contribution >= 4 is 17.1 Å². The van der Waals surface area contributed by atoms with Crippen molar-refractivity contribution in [3.63, 3.8) is 0 Å². The van der Waals surface area contributed by atoms with Gasteiger partial charge in [0.05, 0.1) is 0 Å². The van der Waals surface area contributed by atoms with E-state index in [0.29, 0.717) is 18.1 Å². The summed E-state index contributed by atoms with van der Waals surface area (Å²) in [5.74, 6) is 0.831. The Labute approximate surface area is 127 Å². The van der Waals surface area contributed by atoms with E-state index in [9.17, 15) is 4.79 Å². The van der Waals surface area contributed by atoms with E-state index in [-0.39, 0.29) is 0 Å². The third kappa shape index (κ3) is 5.78. The van der Waals surface area contributed by atoms with Crippen LogP contribution in [0, 0.1) is 5.92 Å². The highest BCUT2D eigenvalue weighted by Gasteiger charge is 2.20. The first-order chi connectivity index (χ1) is 9.86. The molecule has 0 aliphatic heterocycles. The molecule has 1 nitrogen and oxygen atoms in total. The summed E-state index contributed by atoms with van der Waals surface area (Å²) in [5, 5.41) is 2.05. The van der Waals surface area contributed by atoms with Crippen LogP contribution in [0.2, 0.25) is 0 Å². The molecule has 0 spiro atoms. The summed E-state index contributed by atoms with van der Waals surface area (Å²) in [6.07, 6.45) is 15.8. The first kappa shape index (κ1) is 15.8. The number of Topliss-reactive ketones (excluding diaryl/α,β-unsaturated/α-hetero) is 1. The van der Waals surface area contributed by atoms with E-state index in [4.69, 9.17) is 0 Å². The first-order valence-electron chi connectivity index (χ1n) is 8.41. The Bertz CT molecular complexity index is 347. The minimum Gasteiger partial charge on any atom is -0.299 e. The fourth-order valence-corrected chi connectivity index (χ4v) is 3.93. The van der Waals surface area contributed by atoms with Gasteiger partial charge < -0.3 is 0 Å². The van der Waals surface area contributed by atoms with Crippen LogP contribution in [0.4, 0.5) is 0 Å². The van der Waals surface area contributed by atoms with Crippen LogP contribution in [0.15, 0.2) is 17.5 Å². The van der Waals surface area contributed by atoms with Crippen LogP contribution in [0.5, 0.6) is 0 Å². The SMILES string of the molecule is C1CCCCC1.O=C(Cc1cccs1)C1CCCCC1. The molecule has 0 saturated heterocycles. The summed E-state index contributed by atoms with van der Waals surface area (Å²) in [5.41, 5.74) is 0. The summed E-state index contributed by atoms with van der Waals surface area (Å²) in [6, 6.07) is 4.08. The predicted molar refractivity (Wildman–Crippen MR) is 87.3 cm³/mol. The fraction of sp³-hybridized carbons (Fsp3) is 0.722. The van der Waals surface area contributed by atoms with Gasteiger partial charge >= 0.3 is 0 Å². The zero-order chi connectivity index (χ0) is 14.0. The first-order valence-corrected chi connectivity index (χ1v) is 9.29. The third-order valence-corrected chi connectivity index (χ3v) is 5.37. The quantitative estimate of drug-likeness (QED) is 0.690. The molecule has 2 aliphatic carbocycles. The standard InChI is InChI=1S/C12H16OS.C6H12/c13-12(9-11-7-4-8-14-11)10-5-2-1-3-6-10;1-2-4-6-5-3-1/h4,7-8,10H,1-3,5-6,9H2;1-6H2.